The van der Waals surface area contributed by atoms with E-state index in [2.05, 4.69) is 0 Å². The topological polar surface area (TPSA) is 57.7 Å². The van der Waals surface area contributed by atoms with Crippen LogP contribution >= 0.6 is 0 Å². The molecule has 2 aromatic carbocycles. The summed E-state index contributed by atoms with van der Waals surface area (Å²) in [5.74, 6) is -0.171. The van der Waals surface area contributed by atoms with Gasteiger partial charge < -0.3 is 4.90 Å². The lowest BCUT2D eigenvalue weighted by Gasteiger charge is -2.33. The predicted molar refractivity (Wildman–Crippen MR) is 121 cm³/mol. The Morgan fingerprint density at radius 3 is 2.17 bits per heavy atom. The molecule has 0 atom stereocenters. The molecule has 0 unspecified atom stereocenters. The van der Waals surface area contributed by atoms with Gasteiger partial charge in [0, 0.05) is 13.1 Å². The van der Waals surface area contributed by atoms with E-state index < -0.39 is 10.0 Å². The predicted octanol–water partition coefficient (Wildman–Crippen LogP) is 4.60. The second-order valence-corrected chi connectivity index (χ2v) is 10.3. The van der Waals surface area contributed by atoms with Gasteiger partial charge >= 0.3 is 0 Å². The van der Waals surface area contributed by atoms with Crippen LogP contribution in [0.15, 0.2) is 47.4 Å². The van der Waals surface area contributed by atoms with Crippen LogP contribution in [0.25, 0.3) is 0 Å². The zero-order chi connectivity index (χ0) is 21.9. The fourth-order valence-electron chi connectivity index (χ4n) is 3.94. The lowest BCUT2D eigenvalue weighted by molar-refractivity contribution is -0.130. The molecule has 0 spiro atoms. The van der Waals surface area contributed by atoms with Crippen LogP contribution in [0, 0.1) is 20.8 Å². The van der Waals surface area contributed by atoms with Crippen LogP contribution < -0.4 is 4.31 Å². The Bertz CT molecular complexity index is 994. The SMILES string of the molecule is Cc1ccc(S(=O)(=O)N(CC(=O)N(C)C2CCCCC2)c2ccc(C)c(C)c2)cc1. The van der Waals surface area contributed by atoms with Crippen molar-refractivity contribution in [2.75, 3.05) is 17.9 Å². The molecule has 1 aliphatic rings. The molecule has 0 aromatic heterocycles. The fraction of sp³-hybridized carbons (Fsp3) is 0.458. The number of aryl methyl sites for hydroxylation is 3. The average Bonchev–Trinajstić information content (AvgIpc) is 2.74. The quantitative estimate of drug-likeness (QED) is 0.676. The lowest BCUT2D eigenvalue weighted by Crippen LogP contribution is -2.46. The Morgan fingerprint density at radius 2 is 1.57 bits per heavy atom. The van der Waals surface area contributed by atoms with Gasteiger partial charge in [-0.3, -0.25) is 9.10 Å². The standard InChI is InChI=1S/C24H32N2O3S/c1-18-10-14-23(15-11-18)30(28,29)26(22-13-12-19(2)20(3)16-22)17-24(27)25(4)21-8-6-5-7-9-21/h10-16,21H,5-9,17H2,1-4H3. The maximum atomic E-state index is 13.5. The minimum Gasteiger partial charge on any atom is -0.341 e. The second kappa shape index (κ2) is 9.21. The van der Waals surface area contributed by atoms with Crippen LogP contribution in [0.1, 0.15) is 48.8 Å². The summed E-state index contributed by atoms with van der Waals surface area (Å²) in [6.45, 7) is 5.65. The molecule has 0 bridgehead atoms. The van der Waals surface area contributed by atoms with Crippen LogP contribution in [-0.4, -0.2) is 38.9 Å². The van der Waals surface area contributed by atoms with Crippen LogP contribution in [0.4, 0.5) is 5.69 Å². The van der Waals surface area contributed by atoms with Crippen molar-refractivity contribution in [2.24, 2.45) is 0 Å². The third-order valence-electron chi connectivity index (χ3n) is 6.18. The van der Waals surface area contributed by atoms with E-state index in [9.17, 15) is 13.2 Å². The van der Waals surface area contributed by atoms with Crippen LogP contribution in [0.5, 0.6) is 0 Å². The van der Waals surface area contributed by atoms with Gasteiger partial charge in [-0.25, -0.2) is 8.42 Å². The summed E-state index contributed by atoms with van der Waals surface area (Å²) in [4.78, 5) is 15.1. The van der Waals surface area contributed by atoms with Gasteiger partial charge in [-0.15, -0.1) is 0 Å². The molecule has 1 aliphatic carbocycles. The molecule has 0 radical (unpaired) electrons. The van der Waals surface area contributed by atoms with Gasteiger partial charge in [0.2, 0.25) is 5.91 Å². The molecule has 0 saturated heterocycles. The van der Waals surface area contributed by atoms with E-state index in [4.69, 9.17) is 0 Å². The Hall–Kier alpha value is -2.34. The molecule has 1 saturated carbocycles. The molecule has 162 valence electrons. The number of amides is 1. The zero-order valence-corrected chi connectivity index (χ0v) is 19.2. The van der Waals surface area contributed by atoms with Crippen molar-refractivity contribution in [3.05, 3.63) is 59.2 Å². The summed E-state index contributed by atoms with van der Waals surface area (Å²) >= 11 is 0. The van der Waals surface area contributed by atoms with Crippen molar-refractivity contribution in [2.45, 2.75) is 63.8 Å². The third-order valence-corrected chi connectivity index (χ3v) is 7.97. The van der Waals surface area contributed by atoms with E-state index in [1.54, 1.807) is 42.3 Å². The minimum absolute atomic E-state index is 0.171. The highest BCUT2D eigenvalue weighted by molar-refractivity contribution is 7.92. The first kappa shape index (κ1) is 22.3. The Morgan fingerprint density at radius 1 is 0.933 bits per heavy atom. The summed E-state index contributed by atoms with van der Waals surface area (Å²) in [5.41, 5.74) is 3.57. The van der Waals surface area contributed by atoms with Gasteiger partial charge in [0.1, 0.15) is 6.54 Å². The second-order valence-electron chi connectivity index (χ2n) is 8.39. The largest absolute Gasteiger partial charge is 0.341 e. The normalized spacial score (nSPS) is 15.1. The molecule has 0 N–H and O–H groups in total. The maximum Gasteiger partial charge on any atom is 0.264 e. The van der Waals surface area contributed by atoms with Gasteiger partial charge in [-0.1, -0.05) is 43.0 Å². The number of benzene rings is 2. The number of carbonyl (C=O) groups excluding carboxylic acids is 1. The molecular formula is C24H32N2O3S. The van der Waals surface area contributed by atoms with E-state index in [1.165, 1.54) is 10.7 Å². The summed E-state index contributed by atoms with van der Waals surface area (Å²) in [5, 5.41) is 0. The highest BCUT2D eigenvalue weighted by atomic mass is 32.2. The highest BCUT2D eigenvalue weighted by Crippen LogP contribution is 2.27. The summed E-state index contributed by atoms with van der Waals surface area (Å²) in [6, 6.07) is 12.5. The fourth-order valence-corrected chi connectivity index (χ4v) is 5.35. The van der Waals surface area contributed by atoms with E-state index in [-0.39, 0.29) is 23.4 Å². The Labute approximate surface area is 180 Å². The smallest absolute Gasteiger partial charge is 0.264 e. The molecule has 30 heavy (non-hydrogen) atoms. The number of anilines is 1. The van der Waals surface area contributed by atoms with Crippen molar-refractivity contribution in [1.82, 2.24) is 4.90 Å². The Balaban J connectivity index is 1.95. The van der Waals surface area contributed by atoms with Gasteiger partial charge in [-0.05, 0) is 69.0 Å². The van der Waals surface area contributed by atoms with E-state index in [0.29, 0.717) is 5.69 Å². The third kappa shape index (κ3) is 4.86. The molecule has 0 heterocycles. The summed E-state index contributed by atoms with van der Waals surface area (Å²) in [7, 11) is -2.07. The minimum atomic E-state index is -3.87. The number of carbonyl (C=O) groups is 1. The first-order chi connectivity index (χ1) is 14.2. The highest BCUT2D eigenvalue weighted by Gasteiger charge is 2.30. The molecule has 2 aromatic rings. The number of sulfonamides is 1. The molecule has 0 aliphatic heterocycles. The van der Waals surface area contributed by atoms with Crippen molar-refractivity contribution in [1.29, 1.82) is 0 Å². The van der Waals surface area contributed by atoms with Crippen molar-refractivity contribution < 1.29 is 13.2 Å². The molecule has 1 amide bonds. The number of rotatable bonds is 6. The number of hydrogen-bond acceptors (Lipinski definition) is 3. The van der Waals surface area contributed by atoms with Gasteiger partial charge in [0.05, 0.1) is 10.6 Å². The van der Waals surface area contributed by atoms with Crippen molar-refractivity contribution in [3.8, 4) is 0 Å². The Kier molecular flexibility index (Phi) is 6.86. The van der Waals surface area contributed by atoms with Crippen molar-refractivity contribution >= 4 is 21.6 Å². The maximum absolute atomic E-state index is 13.5. The molecule has 6 heteroatoms. The van der Waals surface area contributed by atoms with Crippen LogP contribution in [0.2, 0.25) is 0 Å². The van der Waals surface area contributed by atoms with Gasteiger partial charge in [0.25, 0.3) is 10.0 Å². The number of likely N-dealkylation sites (N-methyl/N-ethyl adjacent to an activating group) is 1. The monoisotopic (exact) mass is 428 g/mol. The average molecular weight is 429 g/mol. The van der Waals surface area contributed by atoms with E-state index in [0.717, 1.165) is 42.4 Å². The molecule has 5 nitrogen and oxygen atoms in total. The van der Waals surface area contributed by atoms with E-state index in [1.807, 2.05) is 32.9 Å². The van der Waals surface area contributed by atoms with Gasteiger partial charge in [-0.2, -0.15) is 0 Å². The first-order valence-electron chi connectivity index (χ1n) is 10.6. The van der Waals surface area contributed by atoms with Gasteiger partial charge in [0.15, 0.2) is 0 Å². The first-order valence-corrected chi connectivity index (χ1v) is 12.1. The number of nitrogens with zero attached hydrogens (tertiary/aromatic N) is 2. The van der Waals surface area contributed by atoms with Crippen LogP contribution in [0.3, 0.4) is 0 Å². The number of hydrogen-bond donors (Lipinski definition) is 0. The van der Waals surface area contributed by atoms with Crippen molar-refractivity contribution in [3.63, 3.8) is 0 Å². The molecule has 3 rings (SSSR count). The molecular weight excluding hydrogens is 396 g/mol. The van der Waals surface area contributed by atoms with Crippen LogP contribution in [-0.2, 0) is 14.8 Å². The summed E-state index contributed by atoms with van der Waals surface area (Å²) < 4.78 is 28.3. The lowest BCUT2D eigenvalue weighted by atomic mass is 9.94. The summed E-state index contributed by atoms with van der Waals surface area (Å²) in [6.07, 6.45) is 5.40. The van der Waals surface area contributed by atoms with E-state index >= 15 is 0 Å². The molecule has 1 fully saturated rings. The zero-order valence-electron chi connectivity index (χ0n) is 18.4.